The number of halogens is 1. The first-order valence-corrected chi connectivity index (χ1v) is 5.25. The summed E-state index contributed by atoms with van der Waals surface area (Å²) in [4.78, 5) is 11.3. The molecule has 1 rings (SSSR count). The molecule has 0 aromatic heterocycles. The Labute approximate surface area is 94.3 Å². The number of carboxylic acids is 1. The van der Waals surface area contributed by atoms with Gasteiger partial charge in [-0.25, -0.2) is 9.18 Å². The third-order valence-electron chi connectivity index (χ3n) is 2.58. The standard InChI is InChI=1S/C12H16FNO2/c1-3-8-14-12(2,11(15)16)9-4-6-10(13)7-5-9/h4-7,14H,3,8H2,1-2H3,(H,15,16). The van der Waals surface area contributed by atoms with Gasteiger partial charge in [0.05, 0.1) is 0 Å². The van der Waals surface area contributed by atoms with Crippen molar-refractivity contribution in [2.24, 2.45) is 0 Å². The zero-order valence-corrected chi connectivity index (χ0v) is 9.46. The number of benzene rings is 1. The summed E-state index contributed by atoms with van der Waals surface area (Å²) in [5.41, 5.74) is -0.612. The molecule has 0 heterocycles. The number of nitrogens with one attached hydrogen (secondary N) is 1. The summed E-state index contributed by atoms with van der Waals surface area (Å²) >= 11 is 0. The second-order valence-electron chi connectivity index (χ2n) is 3.86. The van der Waals surface area contributed by atoms with Crippen molar-refractivity contribution in [1.29, 1.82) is 0 Å². The minimum atomic E-state index is -1.16. The number of hydrogen-bond acceptors (Lipinski definition) is 2. The van der Waals surface area contributed by atoms with E-state index in [4.69, 9.17) is 0 Å². The Kier molecular flexibility index (Phi) is 4.01. The lowest BCUT2D eigenvalue weighted by Gasteiger charge is -2.26. The molecule has 0 aliphatic rings. The van der Waals surface area contributed by atoms with Crippen LogP contribution in [0.2, 0.25) is 0 Å². The van der Waals surface area contributed by atoms with E-state index >= 15 is 0 Å². The van der Waals surface area contributed by atoms with Crippen LogP contribution in [0.4, 0.5) is 4.39 Å². The Morgan fingerprint density at radius 2 is 2.00 bits per heavy atom. The van der Waals surface area contributed by atoms with Gasteiger partial charge >= 0.3 is 5.97 Å². The summed E-state index contributed by atoms with van der Waals surface area (Å²) in [5, 5.41) is 12.2. The molecule has 0 aliphatic carbocycles. The van der Waals surface area contributed by atoms with Crippen molar-refractivity contribution in [2.45, 2.75) is 25.8 Å². The molecule has 0 amide bonds. The van der Waals surface area contributed by atoms with E-state index in [0.717, 1.165) is 6.42 Å². The molecule has 88 valence electrons. The number of aliphatic carboxylic acids is 1. The number of rotatable bonds is 5. The minimum Gasteiger partial charge on any atom is -0.480 e. The number of carbonyl (C=O) groups is 1. The van der Waals surface area contributed by atoms with Crippen LogP contribution < -0.4 is 5.32 Å². The zero-order chi connectivity index (χ0) is 12.2. The summed E-state index contributed by atoms with van der Waals surface area (Å²) in [6.45, 7) is 4.14. The molecule has 0 fully saturated rings. The lowest BCUT2D eigenvalue weighted by molar-refractivity contribution is -0.144. The van der Waals surface area contributed by atoms with Gasteiger partial charge in [0.25, 0.3) is 0 Å². The first kappa shape index (κ1) is 12.6. The van der Waals surface area contributed by atoms with Gasteiger partial charge in [-0.3, -0.25) is 5.32 Å². The average molecular weight is 225 g/mol. The maximum Gasteiger partial charge on any atom is 0.328 e. The Morgan fingerprint density at radius 1 is 1.44 bits per heavy atom. The van der Waals surface area contributed by atoms with Gasteiger partial charge < -0.3 is 5.11 Å². The van der Waals surface area contributed by atoms with Crippen molar-refractivity contribution >= 4 is 5.97 Å². The first-order valence-electron chi connectivity index (χ1n) is 5.25. The van der Waals surface area contributed by atoms with E-state index in [1.54, 1.807) is 6.92 Å². The fourth-order valence-corrected chi connectivity index (χ4v) is 1.46. The Bertz CT molecular complexity index is 364. The van der Waals surface area contributed by atoms with E-state index < -0.39 is 11.5 Å². The number of carboxylic acid groups (broad SMARTS) is 1. The van der Waals surface area contributed by atoms with E-state index in [-0.39, 0.29) is 5.82 Å². The van der Waals surface area contributed by atoms with E-state index in [2.05, 4.69) is 5.32 Å². The molecule has 1 aromatic rings. The van der Waals surface area contributed by atoms with Crippen molar-refractivity contribution in [3.8, 4) is 0 Å². The van der Waals surface area contributed by atoms with Gasteiger partial charge in [0.2, 0.25) is 0 Å². The molecule has 2 N–H and O–H groups in total. The molecule has 16 heavy (non-hydrogen) atoms. The van der Waals surface area contributed by atoms with Gasteiger partial charge in [-0.05, 0) is 37.6 Å². The Hall–Kier alpha value is -1.42. The molecule has 0 aliphatic heterocycles. The van der Waals surface area contributed by atoms with Gasteiger partial charge in [-0.1, -0.05) is 19.1 Å². The van der Waals surface area contributed by atoms with Crippen molar-refractivity contribution in [2.75, 3.05) is 6.54 Å². The van der Waals surface area contributed by atoms with Crippen molar-refractivity contribution in [3.63, 3.8) is 0 Å². The van der Waals surface area contributed by atoms with Crippen LogP contribution in [0.25, 0.3) is 0 Å². The molecule has 1 unspecified atom stereocenters. The highest BCUT2D eigenvalue weighted by Crippen LogP contribution is 2.21. The summed E-state index contributed by atoms with van der Waals surface area (Å²) in [5.74, 6) is -1.33. The van der Waals surface area contributed by atoms with Crippen molar-refractivity contribution < 1.29 is 14.3 Å². The second kappa shape index (κ2) is 5.07. The van der Waals surface area contributed by atoms with Gasteiger partial charge in [0.1, 0.15) is 11.4 Å². The smallest absolute Gasteiger partial charge is 0.328 e. The van der Waals surface area contributed by atoms with Crippen LogP contribution in [0.5, 0.6) is 0 Å². The maximum absolute atomic E-state index is 12.8. The molecule has 0 saturated heterocycles. The molecule has 0 saturated carbocycles. The maximum atomic E-state index is 12.8. The molecule has 0 radical (unpaired) electrons. The molecule has 3 nitrogen and oxygen atoms in total. The van der Waals surface area contributed by atoms with E-state index in [1.165, 1.54) is 24.3 Å². The van der Waals surface area contributed by atoms with Crippen molar-refractivity contribution in [1.82, 2.24) is 5.32 Å². The van der Waals surface area contributed by atoms with Crippen molar-refractivity contribution in [3.05, 3.63) is 35.6 Å². The van der Waals surface area contributed by atoms with E-state index in [9.17, 15) is 14.3 Å². The second-order valence-corrected chi connectivity index (χ2v) is 3.86. The molecule has 1 atom stereocenters. The Balaban J connectivity index is 3.01. The predicted octanol–water partition coefficient (Wildman–Crippen LogP) is 2.13. The van der Waals surface area contributed by atoms with Gasteiger partial charge in [-0.15, -0.1) is 0 Å². The molecule has 1 aromatic carbocycles. The van der Waals surface area contributed by atoms with Crippen LogP contribution >= 0.6 is 0 Å². The van der Waals surface area contributed by atoms with Gasteiger partial charge in [0, 0.05) is 0 Å². The average Bonchev–Trinajstić information content (AvgIpc) is 2.26. The van der Waals surface area contributed by atoms with Gasteiger partial charge in [0.15, 0.2) is 0 Å². The number of hydrogen-bond donors (Lipinski definition) is 2. The van der Waals surface area contributed by atoms with Crippen LogP contribution in [0.1, 0.15) is 25.8 Å². The van der Waals surface area contributed by atoms with Crippen LogP contribution in [-0.2, 0) is 10.3 Å². The van der Waals surface area contributed by atoms with Crippen LogP contribution in [0.3, 0.4) is 0 Å². The SMILES string of the molecule is CCCNC(C)(C(=O)O)c1ccc(F)cc1. The normalized spacial score (nSPS) is 14.4. The topological polar surface area (TPSA) is 49.3 Å². The fraction of sp³-hybridized carbons (Fsp3) is 0.417. The highest BCUT2D eigenvalue weighted by atomic mass is 19.1. The molecule has 0 spiro atoms. The monoisotopic (exact) mass is 225 g/mol. The summed E-state index contributed by atoms with van der Waals surface area (Å²) in [6, 6.07) is 5.52. The molecular formula is C12H16FNO2. The lowest BCUT2D eigenvalue weighted by atomic mass is 9.92. The minimum absolute atomic E-state index is 0.369. The summed E-state index contributed by atoms with van der Waals surface area (Å²) in [7, 11) is 0. The summed E-state index contributed by atoms with van der Waals surface area (Å²) < 4.78 is 12.8. The van der Waals surface area contributed by atoms with Crippen LogP contribution in [0, 0.1) is 5.82 Å². The van der Waals surface area contributed by atoms with E-state index in [0.29, 0.717) is 12.1 Å². The fourth-order valence-electron chi connectivity index (χ4n) is 1.46. The Morgan fingerprint density at radius 3 is 2.44 bits per heavy atom. The molecule has 0 bridgehead atoms. The first-order chi connectivity index (χ1) is 7.50. The van der Waals surface area contributed by atoms with Gasteiger partial charge in [-0.2, -0.15) is 0 Å². The molecule has 4 heteroatoms. The highest BCUT2D eigenvalue weighted by molar-refractivity contribution is 5.80. The largest absolute Gasteiger partial charge is 0.480 e. The van der Waals surface area contributed by atoms with Crippen LogP contribution in [0.15, 0.2) is 24.3 Å². The van der Waals surface area contributed by atoms with Crippen LogP contribution in [-0.4, -0.2) is 17.6 Å². The third kappa shape index (κ3) is 2.58. The predicted molar refractivity (Wildman–Crippen MR) is 59.7 cm³/mol. The highest BCUT2D eigenvalue weighted by Gasteiger charge is 2.34. The lowest BCUT2D eigenvalue weighted by Crippen LogP contribution is -2.46. The quantitative estimate of drug-likeness (QED) is 0.807. The molecular weight excluding hydrogens is 209 g/mol. The summed E-state index contributed by atoms with van der Waals surface area (Å²) in [6.07, 6.45) is 0.837. The zero-order valence-electron chi connectivity index (χ0n) is 9.46. The third-order valence-corrected chi connectivity index (χ3v) is 2.58. The van der Waals surface area contributed by atoms with E-state index in [1.807, 2.05) is 6.92 Å².